The molecule has 4 rings (SSSR count). The van der Waals surface area contributed by atoms with Crippen molar-refractivity contribution in [1.29, 1.82) is 0 Å². The lowest BCUT2D eigenvalue weighted by atomic mass is 9.87. The highest BCUT2D eigenvalue weighted by atomic mass is 19.5. The molecule has 288 valence electrons. The zero-order valence-electron chi connectivity index (χ0n) is 27.2. The van der Waals surface area contributed by atoms with Crippen molar-refractivity contribution >= 4 is 42.1 Å². The van der Waals surface area contributed by atoms with E-state index in [1.807, 2.05) is 53.5 Å². The van der Waals surface area contributed by atoms with Crippen LogP contribution in [0.15, 0.2) is 61.3 Å². The number of nitrogens with zero attached hydrogens (tertiary/aromatic N) is 5. The second-order valence-electron chi connectivity index (χ2n) is 10.5. The summed E-state index contributed by atoms with van der Waals surface area (Å²) in [7, 11) is 0. The molecule has 0 aliphatic rings. The van der Waals surface area contributed by atoms with Gasteiger partial charge in [0.05, 0.1) is 12.5 Å². The van der Waals surface area contributed by atoms with Gasteiger partial charge in [-0.3, -0.25) is 14.4 Å². The van der Waals surface area contributed by atoms with Crippen LogP contribution in [0.4, 0.5) is 51.1 Å². The van der Waals surface area contributed by atoms with Gasteiger partial charge in [-0.25, -0.2) is 19.3 Å². The van der Waals surface area contributed by atoms with Crippen LogP contribution >= 0.6 is 0 Å². The Balaban J connectivity index is 0.00000102. The van der Waals surface area contributed by atoms with E-state index in [2.05, 4.69) is 46.5 Å². The van der Waals surface area contributed by atoms with Gasteiger partial charge in [0.25, 0.3) is 18.9 Å². The number of anilines is 2. The monoisotopic (exact) mass is 761 g/mol. The van der Waals surface area contributed by atoms with Crippen molar-refractivity contribution in [2.75, 3.05) is 17.2 Å². The maximum Gasteiger partial charge on any atom is 0.490 e. The van der Waals surface area contributed by atoms with E-state index < -0.39 is 24.5 Å². The molecule has 0 bridgehead atoms. The fourth-order valence-corrected chi connectivity index (χ4v) is 3.24. The van der Waals surface area contributed by atoms with E-state index in [1.165, 1.54) is 5.56 Å². The Morgan fingerprint density at radius 3 is 1.79 bits per heavy atom. The normalized spacial score (nSPS) is 11.1. The quantitative estimate of drug-likeness (QED) is 0.0825. The van der Waals surface area contributed by atoms with Gasteiger partial charge in [-0.2, -0.15) is 39.5 Å². The van der Waals surface area contributed by atoms with Gasteiger partial charge >= 0.3 is 24.5 Å². The number of carboxylic acid groups (broad SMARTS) is 3. The molecule has 0 unspecified atom stereocenters. The van der Waals surface area contributed by atoms with Crippen molar-refractivity contribution in [2.45, 2.75) is 57.7 Å². The van der Waals surface area contributed by atoms with E-state index >= 15 is 0 Å². The Morgan fingerprint density at radius 2 is 1.37 bits per heavy atom. The summed E-state index contributed by atoms with van der Waals surface area (Å²) < 4.78 is 98.1. The summed E-state index contributed by atoms with van der Waals surface area (Å²) in [4.78, 5) is 46.7. The van der Waals surface area contributed by atoms with Crippen LogP contribution in [0, 0.1) is 0 Å². The summed E-state index contributed by atoms with van der Waals surface area (Å²) in [6.07, 6.45) is -9.00. The van der Waals surface area contributed by atoms with Gasteiger partial charge in [-0.05, 0) is 41.7 Å². The Morgan fingerprint density at radius 1 is 0.846 bits per heavy atom. The van der Waals surface area contributed by atoms with Crippen molar-refractivity contribution in [3.05, 3.63) is 72.4 Å². The molecule has 4 aromatic rings. The number of amides is 1. The minimum Gasteiger partial charge on any atom is -0.483 e. The molecule has 0 aliphatic carbocycles. The third-order valence-electron chi connectivity index (χ3n) is 5.60. The van der Waals surface area contributed by atoms with Gasteiger partial charge in [0, 0.05) is 31.0 Å². The lowest BCUT2D eigenvalue weighted by Crippen LogP contribution is -2.30. The highest BCUT2D eigenvalue weighted by Gasteiger charge is 2.58. The van der Waals surface area contributed by atoms with Crippen molar-refractivity contribution in [2.24, 2.45) is 0 Å². The first kappa shape index (κ1) is 46.1. The van der Waals surface area contributed by atoms with Crippen LogP contribution in [0.25, 0.3) is 5.65 Å². The Labute approximate surface area is 287 Å². The zero-order valence-corrected chi connectivity index (χ0v) is 27.2. The molecule has 0 atom stereocenters. The minimum atomic E-state index is -6.06. The van der Waals surface area contributed by atoms with Crippen LogP contribution in [0.5, 0.6) is 0 Å². The SMILES string of the molecule is CC(C)(C)c1ccc(C(=O)Nc2cn3nc(NCCCn4ccnc4)ccc3n2)cc1.FC(F)(F)C(F)(F)F.O=C(O)C(F)(F)F.O=CO.O=CO. The molecule has 0 aliphatic heterocycles. The van der Waals surface area contributed by atoms with E-state index in [0.29, 0.717) is 17.0 Å². The standard InChI is InChI=1S/C23H27N7O.C2F6.C2HF3O2.2CH2O2/c1-23(2,3)18-7-5-17(6-8-18)22(31)27-20-15-30-21(26-20)10-9-19(28-30)25-11-4-13-29-14-12-24-16-29;3-1(4,5)2(6,7)8;3-2(4,5)1(6)7;2*2-1-3/h5-10,12,14-16H,4,11,13H2,1-3H3,(H,25,28)(H,27,31);;(H,6,7);2*1H,(H,2,3). The average Bonchev–Trinajstić information content (AvgIpc) is 3.68. The van der Waals surface area contributed by atoms with Crippen molar-refractivity contribution < 1.29 is 74.0 Å². The molecule has 0 saturated heterocycles. The van der Waals surface area contributed by atoms with Crippen LogP contribution < -0.4 is 10.6 Å². The lowest BCUT2D eigenvalue weighted by Gasteiger charge is -2.18. The molecule has 0 spiro atoms. The molecule has 0 fully saturated rings. The number of carbonyl (C=O) groups is 4. The number of carboxylic acids is 1. The molecule has 3 heterocycles. The minimum absolute atomic E-state index is 0.0491. The number of fused-ring (bicyclic) bond motifs is 1. The Kier molecular flexibility index (Phi) is 18.3. The summed E-state index contributed by atoms with van der Waals surface area (Å²) in [6.45, 7) is 7.63. The van der Waals surface area contributed by atoms with Gasteiger partial charge in [0.2, 0.25) is 0 Å². The number of carbonyl (C=O) groups excluding carboxylic acids is 1. The molecule has 0 radical (unpaired) electrons. The van der Waals surface area contributed by atoms with Crippen molar-refractivity contribution in [3.8, 4) is 0 Å². The first-order valence-electron chi connectivity index (χ1n) is 14.0. The molecule has 52 heavy (non-hydrogen) atoms. The number of benzene rings is 1. The average molecular weight is 762 g/mol. The molecule has 1 amide bonds. The second-order valence-corrected chi connectivity index (χ2v) is 10.5. The van der Waals surface area contributed by atoms with E-state index in [0.717, 1.165) is 25.3 Å². The van der Waals surface area contributed by atoms with E-state index in [9.17, 15) is 44.3 Å². The number of hydrogen-bond donors (Lipinski definition) is 5. The maximum atomic E-state index is 12.6. The summed E-state index contributed by atoms with van der Waals surface area (Å²) in [5, 5.41) is 31.6. The Hall–Kier alpha value is -5.90. The number of nitrogens with one attached hydrogen (secondary N) is 2. The predicted octanol–water partition coefficient (Wildman–Crippen LogP) is 6.12. The van der Waals surface area contributed by atoms with Gasteiger partial charge in [0.15, 0.2) is 11.5 Å². The van der Waals surface area contributed by atoms with Crippen LogP contribution in [0.1, 0.15) is 43.1 Å². The smallest absolute Gasteiger partial charge is 0.483 e. The number of rotatable bonds is 7. The molecule has 1 aromatic carbocycles. The summed E-state index contributed by atoms with van der Waals surface area (Å²) in [5.74, 6) is -1.73. The molecular weight excluding hydrogens is 729 g/mol. The number of halogens is 9. The number of aromatic nitrogens is 5. The van der Waals surface area contributed by atoms with Gasteiger partial charge in [0.1, 0.15) is 5.82 Å². The van der Waals surface area contributed by atoms with Crippen LogP contribution in [-0.4, -0.2) is 89.4 Å². The molecule has 3 aromatic heterocycles. The molecule has 23 heteroatoms. The number of aryl methyl sites for hydroxylation is 1. The molecular formula is C29H32F9N7O7. The lowest BCUT2D eigenvalue weighted by molar-refractivity contribution is -0.339. The second kappa shape index (κ2) is 20.7. The van der Waals surface area contributed by atoms with Gasteiger partial charge < -0.3 is 30.5 Å². The van der Waals surface area contributed by atoms with E-state index in [1.54, 1.807) is 16.9 Å². The van der Waals surface area contributed by atoms with Crippen molar-refractivity contribution in [1.82, 2.24) is 24.1 Å². The van der Waals surface area contributed by atoms with Gasteiger partial charge in [-0.15, -0.1) is 5.10 Å². The fourth-order valence-electron chi connectivity index (χ4n) is 3.24. The Bertz CT molecular complexity index is 1650. The maximum absolute atomic E-state index is 12.6. The topological polar surface area (TPSA) is 201 Å². The summed E-state index contributed by atoms with van der Waals surface area (Å²) >= 11 is 0. The van der Waals surface area contributed by atoms with E-state index in [-0.39, 0.29) is 24.3 Å². The first-order chi connectivity index (χ1) is 23.9. The zero-order chi connectivity index (χ0) is 40.3. The molecule has 14 nitrogen and oxygen atoms in total. The number of imidazole rings is 2. The molecule has 0 saturated carbocycles. The third kappa shape index (κ3) is 17.7. The van der Waals surface area contributed by atoms with E-state index in [4.69, 9.17) is 29.7 Å². The first-order valence-corrected chi connectivity index (χ1v) is 14.0. The summed E-state index contributed by atoms with van der Waals surface area (Å²) in [5.41, 5.74) is 2.50. The number of alkyl halides is 9. The molecule has 5 N–H and O–H groups in total. The number of hydrogen-bond acceptors (Lipinski definition) is 8. The third-order valence-corrected chi connectivity index (χ3v) is 5.60. The number of aliphatic carboxylic acids is 1. The van der Waals surface area contributed by atoms with Crippen LogP contribution in [0.3, 0.4) is 0 Å². The fraction of sp³-hybridized carbons (Fsp3) is 0.345. The largest absolute Gasteiger partial charge is 0.490 e. The predicted molar refractivity (Wildman–Crippen MR) is 165 cm³/mol. The van der Waals surface area contributed by atoms with Gasteiger partial charge in [-0.1, -0.05) is 32.9 Å². The summed E-state index contributed by atoms with van der Waals surface area (Å²) in [6, 6.07) is 11.4. The van der Waals surface area contributed by atoms with Crippen LogP contribution in [-0.2, 0) is 26.3 Å². The highest BCUT2D eigenvalue weighted by Crippen LogP contribution is 2.36. The van der Waals surface area contributed by atoms with Crippen molar-refractivity contribution in [3.63, 3.8) is 0 Å². The highest BCUT2D eigenvalue weighted by molar-refractivity contribution is 6.03. The van der Waals surface area contributed by atoms with Crippen LogP contribution in [0.2, 0.25) is 0 Å².